The van der Waals surface area contributed by atoms with Crippen LogP contribution < -0.4 is 9.62 Å². The molecule has 37 heavy (non-hydrogen) atoms. The molecule has 0 aliphatic rings. The van der Waals surface area contributed by atoms with Crippen molar-refractivity contribution in [3.63, 3.8) is 0 Å². The summed E-state index contributed by atoms with van der Waals surface area (Å²) in [7, 11) is -2.67. The number of rotatable bonds is 10. The SMILES string of the molecule is CCC(C(=O)NC)N(Cc1ccccc1Cl)C(=O)CN(c1cc(Cl)ccc1C)S(=O)(=O)c1ccccc1. The summed E-state index contributed by atoms with van der Waals surface area (Å²) in [5, 5.41) is 3.36. The first kappa shape index (κ1) is 28.5. The number of sulfonamides is 1. The lowest BCUT2D eigenvalue weighted by Gasteiger charge is -2.33. The van der Waals surface area contributed by atoms with Crippen molar-refractivity contribution in [3.8, 4) is 0 Å². The zero-order chi connectivity index (χ0) is 27.2. The normalized spacial score (nSPS) is 12.0. The van der Waals surface area contributed by atoms with Crippen LogP contribution in [-0.2, 0) is 26.2 Å². The summed E-state index contributed by atoms with van der Waals surface area (Å²) >= 11 is 12.6. The second-order valence-corrected chi connectivity index (χ2v) is 11.1. The minimum Gasteiger partial charge on any atom is -0.357 e. The number of benzene rings is 3. The number of amides is 2. The Morgan fingerprint density at radius 3 is 2.24 bits per heavy atom. The highest BCUT2D eigenvalue weighted by Crippen LogP contribution is 2.30. The molecule has 10 heteroatoms. The Kier molecular flexibility index (Phi) is 9.59. The molecule has 0 heterocycles. The van der Waals surface area contributed by atoms with Gasteiger partial charge in [-0.15, -0.1) is 0 Å². The number of nitrogens with one attached hydrogen (secondary N) is 1. The maximum atomic E-state index is 13.9. The van der Waals surface area contributed by atoms with Crippen LogP contribution in [0.2, 0.25) is 10.0 Å². The van der Waals surface area contributed by atoms with Gasteiger partial charge >= 0.3 is 0 Å². The Morgan fingerprint density at radius 2 is 1.62 bits per heavy atom. The predicted molar refractivity (Wildman–Crippen MR) is 147 cm³/mol. The molecule has 1 unspecified atom stereocenters. The molecule has 0 radical (unpaired) electrons. The van der Waals surface area contributed by atoms with Gasteiger partial charge in [0.25, 0.3) is 10.0 Å². The summed E-state index contributed by atoms with van der Waals surface area (Å²) in [6.45, 7) is 3.01. The monoisotopic (exact) mass is 561 g/mol. The van der Waals surface area contributed by atoms with Crippen LogP contribution in [0, 0.1) is 6.92 Å². The number of carbonyl (C=O) groups is 2. The van der Waals surface area contributed by atoms with Gasteiger partial charge in [-0.2, -0.15) is 0 Å². The van der Waals surface area contributed by atoms with Gasteiger partial charge in [-0.25, -0.2) is 8.42 Å². The molecule has 0 fully saturated rings. The van der Waals surface area contributed by atoms with Crippen molar-refractivity contribution in [1.82, 2.24) is 10.2 Å². The van der Waals surface area contributed by atoms with Crippen LogP contribution in [0.15, 0.2) is 77.7 Å². The molecule has 0 aliphatic carbocycles. The van der Waals surface area contributed by atoms with Gasteiger partial charge in [0.1, 0.15) is 12.6 Å². The van der Waals surface area contributed by atoms with Crippen molar-refractivity contribution in [2.24, 2.45) is 0 Å². The van der Waals surface area contributed by atoms with Crippen LogP contribution in [0.4, 0.5) is 5.69 Å². The van der Waals surface area contributed by atoms with E-state index in [2.05, 4.69) is 5.32 Å². The number of nitrogens with zero attached hydrogens (tertiary/aromatic N) is 2. The molecule has 7 nitrogen and oxygen atoms in total. The van der Waals surface area contributed by atoms with Crippen molar-refractivity contribution in [3.05, 3.63) is 94.0 Å². The molecular weight excluding hydrogens is 533 g/mol. The summed E-state index contributed by atoms with van der Waals surface area (Å²) in [6.07, 6.45) is 0.317. The van der Waals surface area contributed by atoms with Crippen molar-refractivity contribution in [2.75, 3.05) is 17.9 Å². The van der Waals surface area contributed by atoms with E-state index >= 15 is 0 Å². The van der Waals surface area contributed by atoms with Gasteiger partial charge in [0.05, 0.1) is 10.6 Å². The molecule has 0 aromatic heterocycles. The first-order chi connectivity index (χ1) is 17.6. The average molecular weight is 563 g/mol. The molecule has 3 aromatic carbocycles. The molecule has 0 bridgehead atoms. The minimum atomic E-state index is -4.16. The summed E-state index contributed by atoms with van der Waals surface area (Å²) in [5.41, 5.74) is 1.53. The standard InChI is InChI=1S/C27H29Cl2N3O4S/c1-4-24(27(34)30-3)31(17-20-10-8-9-13-23(20)29)26(33)18-32(25-16-21(28)15-14-19(25)2)37(35,36)22-11-6-5-7-12-22/h5-16,24H,4,17-18H2,1-3H3,(H,30,34). The first-order valence-corrected chi connectivity index (χ1v) is 13.9. The van der Waals surface area contributed by atoms with Gasteiger partial charge in [0.15, 0.2) is 0 Å². The van der Waals surface area contributed by atoms with Gasteiger partial charge < -0.3 is 10.2 Å². The minimum absolute atomic E-state index is 0.0260. The predicted octanol–water partition coefficient (Wildman–Crippen LogP) is 5.05. The van der Waals surface area contributed by atoms with Gasteiger partial charge in [-0.3, -0.25) is 13.9 Å². The highest BCUT2D eigenvalue weighted by Gasteiger charge is 2.34. The topological polar surface area (TPSA) is 86.8 Å². The van der Waals surface area contributed by atoms with Crippen LogP contribution in [0.5, 0.6) is 0 Å². The lowest BCUT2D eigenvalue weighted by Crippen LogP contribution is -2.51. The third-order valence-corrected chi connectivity index (χ3v) is 8.36. The van der Waals surface area contributed by atoms with E-state index < -0.39 is 28.5 Å². The zero-order valence-electron chi connectivity index (χ0n) is 20.8. The number of likely N-dealkylation sites (N-methyl/N-ethyl adjacent to an activating group) is 1. The second-order valence-electron chi connectivity index (χ2n) is 8.41. The van der Waals surface area contributed by atoms with E-state index in [1.165, 1.54) is 30.1 Å². The van der Waals surface area contributed by atoms with Crippen LogP contribution in [-0.4, -0.2) is 44.8 Å². The van der Waals surface area contributed by atoms with Crippen molar-refractivity contribution in [1.29, 1.82) is 0 Å². The molecule has 0 aliphatic heterocycles. The van der Waals surface area contributed by atoms with E-state index in [9.17, 15) is 18.0 Å². The van der Waals surface area contributed by atoms with E-state index in [1.54, 1.807) is 68.4 Å². The maximum absolute atomic E-state index is 13.9. The molecule has 0 spiro atoms. The first-order valence-electron chi connectivity index (χ1n) is 11.7. The summed E-state index contributed by atoms with van der Waals surface area (Å²) in [6, 6.07) is 18.9. The lowest BCUT2D eigenvalue weighted by atomic mass is 10.1. The van der Waals surface area contributed by atoms with Gasteiger partial charge in [0.2, 0.25) is 11.8 Å². The highest BCUT2D eigenvalue weighted by atomic mass is 35.5. The van der Waals surface area contributed by atoms with E-state index in [0.29, 0.717) is 27.6 Å². The van der Waals surface area contributed by atoms with Gasteiger partial charge in [0, 0.05) is 23.6 Å². The second kappa shape index (κ2) is 12.4. The smallest absolute Gasteiger partial charge is 0.264 e. The molecule has 0 saturated heterocycles. The maximum Gasteiger partial charge on any atom is 0.264 e. The summed E-state index contributed by atoms with van der Waals surface area (Å²) < 4.78 is 28.7. The Bertz CT molecular complexity index is 1370. The van der Waals surface area contributed by atoms with E-state index in [4.69, 9.17) is 23.2 Å². The van der Waals surface area contributed by atoms with E-state index in [0.717, 1.165) is 4.31 Å². The zero-order valence-corrected chi connectivity index (χ0v) is 23.1. The van der Waals surface area contributed by atoms with Crippen LogP contribution in [0.25, 0.3) is 0 Å². The average Bonchev–Trinajstić information content (AvgIpc) is 2.89. The fourth-order valence-corrected chi connectivity index (χ4v) is 5.83. The van der Waals surface area contributed by atoms with Crippen molar-refractivity contribution >= 4 is 50.7 Å². The van der Waals surface area contributed by atoms with Gasteiger partial charge in [-0.1, -0.05) is 72.6 Å². The number of carbonyl (C=O) groups excluding carboxylic acids is 2. The van der Waals surface area contributed by atoms with Crippen LogP contribution >= 0.6 is 23.2 Å². The summed E-state index contributed by atoms with van der Waals surface area (Å²) in [5.74, 6) is -0.923. The number of anilines is 1. The largest absolute Gasteiger partial charge is 0.357 e. The molecule has 1 N–H and O–H groups in total. The molecule has 0 saturated carbocycles. The molecule has 1 atom stereocenters. The highest BCUT2D eigenvalue weighted by molar-refractivity contribution is 7.92. The molecule has 2 amide bonds. The van der Waals surface area contributed by atoms with Crippen molar-refractivity contribution in [2.45, 2.75) is 37.8 Å². The Hall–Kier alpha value is -3.07. The summed E-state index contributed by atoms with van der Waals surface area (Å²) in [4.78, 5) is 28.0. The van der Waals surface area contributed by atoms with E-state index in [1.807, 2.05) is 0 Å². The van der Waals surface area contributed by atoms with Crippen molar-refractivity contribution < 1.29 is 18.0 Å². The Balaban J connectivity index is 2.11. The Morgan fingerprint density at radius 1 is 0.973 bits per heavy atom. The number of hydrogen-bond acceptors (Lipinski definition) is 4. The molecule has 3 rings (SSSR count). The number of hydrogen-bond donors (Lipinski definition) is 1. The number of aryl methyl sites for hydroxylation is 1. The fourth-order valence-electron chi connectivity index (χ4n) is 3.98. The molecular formula is C27H29Cl2N3O4S. The Labute approximate surface area is 228 Å². The number of halogens is 2. The van der Waals surface area contributed by atoms with Crippen LogP contribution in [0.1, 0.15) is 24.5 Å². The molecule has 3 aromatic rings. The molecule has 196 valence electrons. The fraction of sp³-hybridized carbons (Fsp3) is 0.259. The van der Waals surface area contributed by atoms with Gasteiger partial charge in [-0.05, 0) is 54.8 Å². The lowest BCUT2D eigenvalue weighted by molar-refractivity contribution is -0.140. The van der Waals surface area contributed by atoms with Crippen LogP contribution in [0.3, 0.4) is 0 Å². The van der Waals surface area contributed by atoms with E-state index in [-0.39, 0.29) is 23.0 Å². The quantitative estimate of drug-likeness (QED) is 0.375. The third-order valence-electron chi connectivity index (χ3n) is 5.98. The third kappa shape index (κ3) is 6.63.